The van der Waals surface area contributed by atoms with Gasteiger partial charge >= 0.3 is 0 Å². The largest absolute Gasteiger partial charge is 0.456 e. The highest BCUT2D eigenvalue weighted by molar-refractivity contribution is 6.23. The van der Waals surface area contributed by atoms with Crippen LogP contribution in [0.25, 0.3) is 109 Å². The van der Waals surface area contributed by atoms with Gasteiger partial charge < -0.3 is 4.42 Å². The van der Waals surface area contributed by atoms with Crippen molar-refractivity contribution in [2.75, 3.05) is 0 Å². The predicted octanol–water partition coefficient (Wildman–Crippen LogP) is 14.4. The van der Waals surface area contributed by atoms with Crippen LogP contribution in [0.1, 0.15) is 0 Å². The van der Waals surface area contributed by atoms with Crippen LogP contribution in [0.15, 0.2) is 186 Å². The molecule has 0 atom stereocenters. The van der Waals surface area contributed by atoms with Gasteiger partial charge in [-0.1, -0.05) is 146 Å². The quantitative estimate of drug-likeness (QED) is 0.174. The van der Waals surface area contributed by atoms with Crippen LogP contribution < -0.4 is 0 Å². The first-order valence-corrected chi connectivity index (χ1v) is 17.6. The lowest BCUT2D eigenvalue weighted by Gasteiger charge is -2.19. The van der Waals surface area contributed by atoms with E-state index in [1.165, 1.54) is 92.6 Å². The van der Waals surface area contributed by atoms with E-state index in [0.717, 1.165) is 16.6 Å². The number of furan rings is 1. The molecule has 1 heteroatoms. The smallest absolute Gasteiger partial charge is 0.136 e. The lowest BCUT2D eigenvalue weighted by molar-refractivity contribution is 0.669. The van der Waals surface area contributed by atoms with Gasteiger partial charge in [0.25, 0.3) is 0 Å². The van der Waals surface area contributed by atoms with E-state index in [9.17, 15) is 0 Å². The first-order valence-electron chi connectivity index (χ1n) is 17.6. The fourth-order valence-corrected chi connectivity index (χ4v) is 8.40. The molecular formula is C50H30O. The summed E-state index contributed by atoms with van der Waals surface area (Å²) in [5, 5.41) is 14.7. The normalized spacial score (nSPS) is 11.9. The molecule has 0 bridgehead atoms. The van der Waals surface area contributed by atoms with Crippen molar-refractivity contribution in [2.24, 2.45) is 0 Å². The first kappa shape index (κ1) is 28.2. The molecule has 11 rings (SSSR count). The van der Waals surface area contributed by atoms with E-state index in [2.05, 4.69) is 182 Å². The molecule has 0 spiro atoms. The number of hydrogen-bond acceptors (Lipinski definition) is 1. The number of benzene rings is 10. The van der Waals surface area contributed by atoms with Crippen molar-refractivity contribution in [1.29, 1.82) is 0 Å². The fraction of sp³-hybridized carbons (Fsp3) is 0. The van der Waals surface area contributed by atoms with E-state index in [0.29, 0.717) is 0 Å². The van der Waals surface area contributed by atoms with Crippen LogP contribution in [0.4, 0.5) is 0 Å². The standard InChI is InChI=1S/C50H30O/c1-3-12-34-27-38(19-17-31(34)9-1)48-41-15-7-8-16-42(41)49(39-20-18-32-10-2-4-13-35(32)28-39)44-29-36(21-24-43(44)48)37-23-25-46-45(30-37)50-40-14-6-5-11-33(40)22-26-47(50)51-46/h1-30H. The molecule has 0 N–H and O–H groups in total. The molecule has 0 aliphatic rings. The maximum atomic E-state index is 6.38. The maximum absolute atomic E-state index is 6.38. The van der Waals surface area contributed by atoms with Crippen LogP contribution in [0, 0.1) is 0 Å². The molecule has 0 saturated heterocycles. The average Bonchev–Trinajstić information content (AvgIpc) is 3.58. The Labute approximate surface area is 294 Å². The van der Waals surface area contributed by atoms with E-state index in [1.807, 2.05) is 0 Å². The summed E-state index contributed by atoms with van der Waals surface area (Å²) in [6.07, 6.45) is 0. The van der Waals surface area contributed by atoms with Gasteiger partial charge in [-0.2, -0.15) is 0 Å². The van der Waals surface area contributed by atoms with Crippen molar-refractivity contribution < 1.29 is 4.42 Å². The summed E-state index contributed by atoms with van der Waals surface area (Å²) in [6, 6.07) is 66.6. The fourth-order valence-electron chi connectivity index (χ4n) is 8.40. The molecule has 11 aromatic rings. The summed E-state index contributed by atoms with van der Waals surface area (Å²) < 4.78 is 6.38. The Morgan fingerprint density at radius 2 is 0.706 bits per heavy atom. The molecule has 1 aromatic heterocycles. The number of rotatable bonds is 3. The predicted molar refractivity (Wildman–Crippen MR) is 218 cm³/mol. The van der Waals surface area contributed by atoms with Crippen molar-refractivity contribution in [3.63, 3.8) is 0 Å². The SMILES string of the molecule is c1ccc2cc(-c3c4ccccc4c(-c4ccc5ccccc5c4)c4cc(-c5ccc6oc7ccc8ccccc8c7c6c5)ccc34)ccc2c1. The van der Waals surface area contributed by atoms with Gasteiger partial charge in [-0.15, -0.1) is 0 Å². The van der Waals surface area contributed by atoms with Crippen molar-refractivity contribution in [3.8, 4) is 33.4 Å². The van der Waals surface area contributed by atoms with Gasteiger partial charge in [0, 0.05) is 10.8 Å². The van der Waals surface area contributed by atoms with Crippen molar-refractivity contribution >= 4 is 75.8 Å². The Morgan fingerprint density at radius 3 is 1.37 bits per heavy atom. The Kier molecular flexibility index (Phi) is 6.02. The highest BCUT2D eigenvalue weighted by atomic mass is 16.3. The van der Waals surface area contributed by atoms with Crippen molar-refractivity contribution in [3.05, 3.63) is 182 Å². The molecule has 0 unspecified atom stereocenters. The van der Waals surface area contributed by atoms with E-state index in [-0.39, 0.29) is 0 Å². The number of hydrogen-bond donors (Lipinski definition) is 0. The van der Waals surface area contributed by atoms with Crippen molar-refractivity contribution in [2.45, 2.75) is 0 Å². The van der Waals surface area contributed by atoms with Gasteiger partial charge in [0.05, 0.1) is 0 Å². The summed E-state index contributed by atoms with van der Waals surface area (Å²) in [6.45, 7) is 0. The number of fused-ring (bicyclic) bond motifs is 9. The Bertz CT molecular complexity index is 3200. The van der Waals surface area contributed by atoms with Gasteiger partial charge in [0.15, 0.2) is 0 Å². The minimum atomic E-state index is 0.910. The van der Waals surface area contributed by atoms with Crippen LogP contribution in [-0.4, -0.2) is 0 Å². The molecular weight excluding hydrogens is 617 g/mol. The zero-order chi connectivity index (χ0) is 33.5. The third-order valence-corrected chi connectivity index (χ3v) is 10.8. The highest BCUT2D eigenvalue weighted by Gasteiger charge is 2.19. The van der Waals surface area contributed by atoms with E-state index in [1.54, 1.807) is 0 Å². The van der Waals surface area contributed by atoms with Gasteiger partial charge in [-0.25, -0.2) is 0 Å². The topological polar surface area (TPSA) is 13.1 Å². The molecule has 51 heavy (non-hydrogen) atoms. The van der Waals surface area contributed by atoms with Crippen molar-refractivity contribution in [1.82, 2.24) is 0 Å². The Hall–Kier alpha value is -6.70. The van der Waals surface area contributed by atoms with Crippen LogP contribution in [0.3, 0.4) is 0 Å². The molecule has 236 valence electrons. The van der Waals surface area contributed by atoms with Crippen LogP contribution >= 0.6 is 0 Å². The third-order valence-electron chi connectivity index (χ3n) is 10.8. The summed E-state index contributed by atoms with van der Waals surface area (Å²) in [5.74, 6) is 0. The van der Waals surface area contributed by atoms with Gasteiger partial charge in [-0.3, -0.25) is 0 Å². The monoisotopic (exact) mass is 646 g/mol. The molecule has 1 nitrogen and oxygen atoms in total. The van der Waals surface area contributed by atoms with Crippen LogP contribution in [0.2, 0.25) is 0 Å². The average molecular weight is 647 g/mol. The minimum absolute atomic E-state index is 0.910. The molecule has 1 heterocycles. The highest BCUT2D eigenvalue weighted by Crippen LogP contribution is 2.46. The summed E-state index contributed by atoms with van der Waals surface area (Å²) >= 11 is 0. The Balaban J connectivity index is 1.22. The Morgan fingerprint density at radius 1 is 0.255 bits per heavy atom. The van der Waals surface area contributed by atoms with E-state index >= 15 is 0 Å². The maximum Gasteiger partial charge on any atom is 0.136 e. The van der Waals surface area contributed by atoms with Crippen LogP contribution in [-0.2, 0) is 0 Å². The summed E-state index contributed by atoms with van der Waals surface area (Å²) in [5.41, 5.74) is 9.16. The first-order chi connectivity index (χ1) is 25.3. The molecule has 0 fully saturated rings. The zero-order valence-electron chi connectivity index (χ0n) is 27.7. The van der Waals surface area contributed by atoms with Gasteiger partial charge in [0.2, 0.25) is 0 Å². The lowest BCUT2D eigenvalue weighted by atomic mass is 9.84. The molecule has 0 aliphatic heterocycles. The molecule has 0 aliphatic carbocycles. The second kappa shape index (κ2) is 10.9. The zero-order valence-corrected chi connectivity index (χ0v) is 27.7. The second-order valence-electron chi connectivity index (χ2n) is 13.7. The summed E-state index contributed by atoms with van der Waals surface area (Å²) in [4.78, 5) is 0. The lowest BCUT2D eigenvalue weighted by Crippen LogP contribution is -1.92. The third kappa shape index (κ3) is 4.35. The van der Waals surface area contributed by atoms with Crippen LogP contribution in [0.5, 0.6) is 0 Å². The van der Waals surface area contributed by atoms with E-state index in [4.69, 9.17) is 4.42 Å². The molecule has 0 saturated carbocycles. The summed E-state index contributed by atoms with van der Waals surface area (Å²) in [7, 11) is 0. The van der Waals surface area contributed by atoms with Gasteiger partial charge in [0.1, 0.15) is 11.2 Å². The molecule has 10 aromatic carbocycles. The molecule has 0 amide bonds. The second-order valence-corrected chi connectivity index (χ2v) is 13.7. The minimum Gasteiger partial charge on any atom is -0.456 e. The molecule has 0 radical (unpaired) electrons. The van der Waals surface area contributed by atoms with Gasteiger partial charge in [-0.05, 0) is 124 Å². The van der Waals surface area contributed by atoms with E-state index < -0.39 is 0 Å².